The third kappa shape index (κ3) is 4.11. The lowest BCUT2D eigenvalue weighted by atomic mass is 10.1. The molecule has 0 aliphatic heterocycles. The maximum absolute atomic E-state index is 5.98. The molecule has 2 nitrogen and oxygen atoms in total. The zero-order valence-corrected chi connectivity index (χ0v) is 11.0. The van der Waals surface area contributed by atoms with Crippen LogP contribution in [-0.4, -0.2) is 13.2 Å². The molecule has 1 rings (SSSR count). The molecular formula is C11H15BrClNO. The minimum atomic E-state index is -0.109. The number of rotatable bonds is 5. The molecule has 4 heteroatoms. The Bertz CT molecular complexity index is 319. The summed E-state index contributed by atoms with van der Waals surface area (Å²) >= 11 is 9.31. The largest absolute Gasteiger partial charge is 0.379 e. The molecule has 0 amide bonds. The van der Waals surface area contributed by atoms with E-state index in [0.717, 1.165) is 23.1 Å². The fraction of sp³-hybridized carbons (Fsp3) is 0.455. The molecular weight excluding hydrogens is 277 g/mol. The van der Waals surface area contributed by atoms with Crippen LogP contribution in [0.1, 0.15) is 24.9 Å². The van der Waals surface area contributed by atoms with E-state index < -0.39 is 0 Å². The molecule has 1 aromatic rings. The van der Waals surface area contributed by atoms with Crippen molar-refractivity contribution in [1.29, 1.82) is 0 Å². The second-order valence-corrected chi connectivity index (χ2v) is 4.62. The van der Waals surface area contributed by atoms with Crippen LogP contribution in [0.3, 0.4) is 0 Å². The molecule has 0 heterocycles. The molecule has 0 fully saturated rings. The van der Waals surface area contributed by atoms with E-state index >= 15 is 0 Å². The predicted octanol–water partition coefficient (Wildman–Crippen LogP) is 3.53. The van der Waals surface area contributed by atoms with Gasteiger partial charge in [0.05, 0.1) is 17.7 Å². The lowest BCUT2D eigenvalue weighted by Gasteiger charge is -2.12. The molecule has 1 atom stereocenters. The lowest BCUT2D eigenvalue weighted by molar-refractivity contribution is 0.121. The predicted molar refractivity (Wildman–Crippen MR) is 67.2 cm³/mol. The molecule has 0 radical (unpaired) electrons. The topological polar surface area (TPSA) is 35.2 Å². The summed E-state index contributed by atoms with van der Waals surface area (Å²) in [6.07, 6.45) is 1.01. The van der Waals surface area contributed by atoms with E-state index in [1.807, 2.05) is 18.2 Å². The standard InChI is InChI=1S/C11H15BrClNO/c1-2-5-15-7-11(14)8-3-4-9(12)10(13)6-8/h3-4,6,11H,2,5,7,14H2,1H3. The molecule has 2 N–H and O–H groups in total. The van der Waals surface area contributed by atoms with Gasteiger partial charge in [0.15, 0.2) is 0 Å². The van der Waals surface area contributed by atoms with Crippen LogP contribution >= 0.6 is 27.5 Å². The van der Waals surface area contributed by atoms with Gasteiger partial charge >= 0.3 is 0 Å². The summed E-state index contributed by atoms with van der Waals surface area (Å²) in [5.41, 5.74) is 6.96. The van der Waals surface area contributed by atoms with Gasteiger partial charge in [0, 0.05) is 11.1 Å². The summed E-state index contributed by atoms with van der Waals surface area (Å²) in [6, 6.07) is 5.61. The highest BCUT2D eigenvalue weighted by Crippen LogP contribution is 2.25. The zero-order valence-electron chi connectivity index (χ0n) is 8.67. The van der Waals surface area contributed by atoms with Crippen molar-refractivity contribution in [3.63, 3.8) is 0 Å². The van der Waals surface area contributed by atoms with Gasteiger partial charge in [0.25, 0.3) is 0 Å². The van der Waals surface area contributed by atoms with E-state index in [9.17, 15) is 0 Å². The Hall–Kier alpha value is -0.0900. The van der Waals surface area contributed by atoms with E-state index in [-0.39, 0.29) is 6.04 Å². The fourth-order valence-electron chi connectivity index (χ4n) is 1.19. The van der Waals surface area contributed by atoms with E-state index in [2.05, 4.69) is 22.9 Å². The maximum atomic E-state index is 5.98. The quantitative estimate of drug-likeness (QED) is 0.843. The molecule has 15 heavy (non-hydrogen) atoms. The molecule has 0 aliphatic rings. The summed E-state index contributed by atoms with van der Waals surface area (Å²) in [5, 5.41) is 0.679. The average Bonchev–Trinajstić information content (AvgIpc) is 2.22. The Morgan fingerprint density at radius 3 is 2.87 bits per heavy atom. The smallest absolute Gasteiger partial charge is 0.0659 e. The van der Waals surface area contributed by atoms with Crippen molar-refractivity contribution in [2.45, 2.75) is 19.4 Å². The molecule has 1 unspecified atom stereocenters. The highest BCUT2D eigenvalue weighted by Gasteiger charge is 2.07. The van der Waals surface area contributed by atoms with Crippen LogP contribution < -0.4 is 5.73 Å². The van der Waals surface area contributed by atoms with Crippen LogP contribution in [0.25, 0.3) is 0 Å². The minimum Gasteiger partial charge on any atom is -0.379 e. The third-order valence-corrected chi connectivity index (χ3v) is 3.25. The van der Waals surface area contributed by atoms with E-state index in [0.29, 0.717) is 11.6 Å². The van der Waals surface area contributed by atoms with Crippen LogP contribution in [0.5, 0.6) is 0 Å². The van der Waals surface area contributed by atoms with Gasteiger partial charge in [-0.25, -0.2) is 0 Å². The van der Waals surface area contributed by atoms with Gasteiger partial charge in [-0.05, 0) is 40.0 Å². The summed E-state index contributed by atoms with van der Waals surface area (Å²) in [6.45, 7) is 3.35. The number of benzene rings is 1. The molecule has 0 saturated heterocycles. The highest BCUT2D eigenvalue weighted by molar-refractivity contribution is 9.10. The monoisotopic (exact) mass is 291 g/mol. The van der Waals surface area contributed by atoms with Crippen molar-refractivity contribution < 1.29 is 4.74 Å². The number of hydrogen-bond acceptors (Lipinski definition) is 2. The zero-order chi connectivity index (χ0) is 11.3. The lowest BCUT2D eigenvalue weighted by Crippen LogP contribution is -2.17. The molecule has 84 valence electrons. The summed E-state index contributed by atoms with van der Waals surface area (Å²) in [5.74, 6) is 0. The van der Waals surface area contributed by atoms with Gasteiger partial charge in [-0.2, -0.15) is 0 Å². The van der Waals surface area contributed by atoms with Gasteiger partial charge in [0.2, 0.25) is 0 Å². The fourth-order valence-corrected chi connectivity index (χ4v) is 1.63. The van der Waals surface area contributed by atoms with Crippen molar-refractivity contribution in [3.05, 3.63) is 33.3 Å². The van der Waals surface area contributed by atoms with Gasteiger partial charge < -0.3 is 10.5 Å². The SMILES string of the molecule is CCCOCC(N)c1ccc(Br)c(Cl)c1. The second kappa shape index (κ2) is 6.48. The Balaban J connectivity index is 2.57. The molecule has 0 saturated carbocycles. The first kappa shape index (κ1) is 13.0. The van der Waals surface area contributed by atoms with Crippen LogP contribution in [0, 0.1) is 0 Å². The Kier molecular flexibility index (Phi) is 5.61. The van der Waals surface area contributed by atoms with Crippen molar-refractivity contribution in [3.8, 4) is 0 Å². The summed E-state index contributed by atoms with van der Waals surface area (Å²) < 4.78 is 6.27. The highest BCUT2D eigenvalue weighted by atomic mass is 79.9. The van der Waals surface area contributed by atoms with Crippen molar-refractivity contribution in [1.82, 2.24) is 0 Å². The molecule has 0 aliphatic carbocycles. The minimum absolute atomic E-state index is 0.109. The number of halogens is 2. The average molecular weight is 293 g/mol. The van der Waals surface area contributed by atoms with E-state index in [4.69, 9.17) is 22.1 Å². The van der Waals surface area contributed by atoms with Crippen LogP contribution in [0.15, 0.2) is 22.7 Å². The van der Waals surface area contributed by atoms with Crippen LogP contribution in [0.4, 0.5) is 0 Å². The summed E-state index contributed by atoms with van der Waals surface area (Å²) in [7, 11) is 0. The van der Waals surface area contributed by atoms with Gasteiger partial charge in [-0.3, -0.25) is 0 Å². The molecule has 0 bridgehead atoms. The van der Waals surface area contributed by atoms with Gasteiger partial charge in [0.1, 0.15) is 0 Å². The first-order chi connectivity index (χ1) is 7.15. The molecule has 0 aromatic heterocycles. The van der Waals surface area contributed by atoms with Gasteiger partial charge in [-0.15, -0.1) is 0 Å². The Morgan fingerprint density at radius 1 is 1.53 bits per heavy atom. The second-order valence-electron chi connectivity index (χ2n) is 3.35. The van der Waals surface area contributed by atoms with Crippen LogP contribution in [-0.2, 0) is 4.74 Å². The van der Waals surface area contributed by atoms with E-state index in [1.165, 1.54) is 0 Å². The Morgan fingerprint density at radius 2 is 2.27 bits per heavy atom. The molecule has 0 spiro atoms. The summed E-state index contributed by atoms with van der Waals surface area (Å²) in [4.78, 5) is 0. The third-order valence-electron chi connectivity index (χ3n) is 2.02. The van der Waals surface area contributed by atoms with Crippen molar-refractivity contribution in [2.24, 2.45) is 5.73 Å². The first-order valence-electron chi connectivity index (χ1n) is 4.93. The number of hydrogen-bond donors (Lipinski definition) is 1. The van der Waals surface area contributed by atoms with Crippen molar-refractivity contribution >= 4 is 27.5 Å². The normalized spacial score (nSPS) is 12.8. The maximum Gasteiger partial charge on any atom is 0.0659 e. The Labute approximate surface area is 104 Å². The van der Waals surface area contributed by atoms with Gasteiger partial charge in [-0.1, -0.05) is 24.6 Å². The van der Waals surface area contributed by atoms with Crippen LogP contribution in [0.2, 0.25) is 5.02 Å². The number of nitrogens with two attached hydrogens (primary N) is 1. The molecule has 1 aromatic carbocycles. The van der Waals surface area contributed by atoms with Crippen molar-refractivity contribution in [2.75, 3.05) is 13.2 Å². The first-order valence-corrected chi connectivity index (χ1v) is 6.10. The number of ether oxygens (including phenoxy) is 1. The van der Waals surface area contributed by atoms with E-state index in [1.54, 1.807) is 0 Å².